The molecule has 2 atom stereocenters. The van der Waals surface area contributed by atoms with E-state index in [2.05, 4.69) is 17.0 Å². The largest absolute Gasteiger partial charge is 0.378 e. The van der Waals surface area contributed by atoms with Gasteiger partial charge in [0.05, 0.1) is 25.0 Å². The second kappa shape index (κ2) is 7.48. The van der Waals surface area contributed by atoms with Crippen LogP contribution in [0.1, 0.15) is 17.2 Å². The van der Waals surface area contributed by atoms with Crippen molar-refractivity contribution < 1.29 is 13.2 Å². The second-order valence-electron chi connectivity index (χ2n) is 6.96. The molecule has 0 unspecified atom stereocenters. The zero-order valence-electron chi connectivity index (χ0n) is 14.7. The van der Waals surface area contributed by atoms with Gasteiger partial charge in [0.1, 0.15) is 0 Å². The van der Waals surface area contributed by atoms with Crippen LogP contribution < -0.4 is 0 Å². The van der Waals surface area contributed by atoms with Crippen molar-refractivity contribution >= 4 is 10.0 Å². The van der Waals surface area contributed by atoms with Crippen LogP contribution in [-0.4, -0.2) is 56.5 Å². The fourth-order valence-corrected chi connectivity index (χ4v) is 5.46. The molecule has 138 valence electrons. The van der Waals surface area contributed by atoms with Gasteiger partial charge in [-0.05, 0) is 11.1 Å². The number of nitrogens with zero attached hydrogens (tertiary/aromatic N) is 2. The fraction of sp³-hybridized carbons (Fsp3) is 0.400. The first kappa shape index (κ1) is 17.7. The van der Waals surface area contributed by atoms with Crippen LogP contribution in [0.5, 0.6) is 0 Å². The first-order valence-electron chi connectivity index (χ1n) is 9.04. The van der Waals surface area contributed by atoms with E-state index in [0.717, 1.165) is 12.1 Å². The highest BCUT2D eigenvalue weighted by atomic mass is 32.2. The molecule has 0 bridgehead atoms. The van der Waals surface area contributed by atoms with Crippen LogP contribution in [-0.2, 0) is 20.5 Å². The molecule has 2 fully saturated rings. The molecule has 26 heavy (non-hydrogen) atoms. The number of rotatable bonds is 4. The van der Waals surface area contributed by atoms with E-state index in [0.29, 0.717) is 26.3 Å². The summed E-state index contributed by atoms with van der Waals surface area (Å²) < 4.78 is 33.2. The summed E-state index contributed by atoms with van der Waals surface area (Å²) in [5.74, 6) is 0.0591. The average molecular weight is 372 g/mol. The van der Waals surface area contributed by atoms with E-state index in [4.69, 9.17) is 4.74 Å². The molecule has 0 saturated carbocycles. The zero-order valence-corrected chi connectivity index (χ0v) is 15.5. The van der Waals surface area contributed by atoms with E-state index in [-0.39, 0.29) is 17.8 Å². The number of hydrogen-bond donors (Lipinski definition) is 0. The van der Waals surface area contributed by atoms with Crippen molar-refractivity contribution in [2.45, 2.75) is 17.8 Å². The Hall–Kier alpha value is -1.73. The molecule has 5 nitrogen and oxygen atoms in total. The van der Waals surface area contributed by atoms with Gasteiger partial charge in [-0.1, -0.05) is 60.7 Å². The maximum Gasteiger partial charge on any atom is 0.218 e. The van der Waals surface area contributed by atoms with Gasteiger partial charge in [-0.2, -0.15) is 4.31 Å². The number of morpholine rings is 1. The first-order valence-corrected chi connectivity index (χ1v) is 10.6. The quantitative estimate of drug-likeness (QED) is 0.826. The summed E-state index contributed by atoms with van der Waals surface area (Å²) in [7, 11) is -3.32. The van der Waals surface area contributed by atoms with Crippen molar-refractivity contribution in [1.29, 1.82) is 0 Å². The van der Waals surface area contributed by atoms with Crippen molar-refractivity contribution in [3.63, 3.8) is 0 Å². The van der Waals surface area contributed by atoms with Gasteiger partial charge in [0.2, 0.25) is 10.0 Å². The summed E-state index contributed by atoms with van der Waals surface area (Å²) in [5.41, 5.74) is 2.06. The maximum atomic E-state index is 12.8. The lowest BCUT2D eigenvalue weighted by Crippen LogP contribution is -2.60. The number of piperazine rings is 1. The topological polar surface area (TPSA) is 49.9 Å². The predicted octanol–water partition coefficient (Wildman–Crippen LogP) is 2.27. The smallest absolute Gasteiger partial charge is 0.218 e. The summed E-state index contributed by atoms with van der Waals surface area (Å²) in [5, 5.41) is 0. The maximum absolute atomic E-state index is 12.8. The highest BCUT2D eigenvalue weighted by molar-refractivity contribution is 7.88. The van der Waals surface area contributed by atoms with E-state index in [1.807, 2.05) is 48.5 Å². The summed E-state index contributed by atoms with van der Waals surface area (Å²) in [6, 6.07) is 20.0. The summed E-state index contributed by atoms with van der Waals surface area (Å²) in [4.78, 5) is 2.41. The molecular weight excluding hydrogens is 348 g/mol. The number of sulfonamides is 1. The monoisotopic (exact) mass is 372 g/mol. The highest BCUT2D eigenvalue weighted by Crippen LogP contribution is 2.30. The average Bonchev–Trinajstić information content (AvgIpc) is 2.68. The van der Waals surface area contributed by atoms with E-state index in [1.54, 1.807) is 4.31 Å². The van der Waals surface area contributed by atoms with Crippen molar-refractivity contribution in [1.82, 2.24) is 9.21 Å². The molecule has 2 aliphatic rings. The zero-order chi connectivity index (χ0) is 18.0. The first-order chi connectivity index (χ1) is 12.6. The normalized spacial score (nSPS) is 24.9. The molecule has 0 amide bonds. The summed E-state index contributed by atoms with van der Waals surface area (Å²) >= 11 is 0. The number of benzene rings is 2. The van der Waals surface area contributed by atoms with Crippen molar-refractivity contribution in [3.05, 3.63) is 71.8 Å². The van der Waals surface area contributed by atoms with Crippen molar-refractivity contribution in [2.75, 3.05) is 32.8 Å². The molecule has 4 rings (SSSR count). The molecule has 2 saturated heterocycles. The van der Waals surface area contributed by atoms with Crippen LogP contribution in [0, 0.1) is 0 Å². The van der Waals surface area contributed by atoms with Crippen LogP contribution in [0.15, 0.2) is 60.7 Å². The predicted molar refractivity (Wildman–Crippen MR) is 101 cm³/mol. The molecule has 0 radical (unpaired) electrons. The minimum atomic E-state index is -3.32. The Bertz CT molecular complexity index is 827. The molecule has 0 N–H and O–H groups in total. The highest BCUT2D eigenvalue weighted by Gasteiger charge is 2.39. The number of fused-ring (bicyclic) bond motifs is 1. The van der Waals surface area contributed by atoms with Gasteiger partial charge in [-0.15, -0.1) is 0 Å². The Labute approximate surface area is 155 Å². The minimum Gasteiger partial charge on any atom is -0.378 e. The summed E-state index contributed by atoms with van der Waals surface area (Å²) in [6.45, 7) is 3.02. The SMILES string of the molecule is O=S(=O)(Cc1ccccc1)N1CCN2[C@@H](COC[C@@H]2c2ccccc2)C1. The standard InChI is InChI=1S/C20H24N2O3S/c23-26(24,16-17-7-3-1-4-8-17)21-11-12-22-19(13-21)14-25-15-20(22)18-9-5-2-6-10-18/h1-10,19-20H,11-16H2/t19-,20-/m1/s1. The number of ether oxygens (including phenoxy) is 1. The second-order valence-corrected chi connectivity index (χ2v) is 8.92. The van der Waals surface area contributed by atoms with Crippen LogP contribution >= 0.6 is 0 Å². The minimum absolute atomic E-state index is 0.0591. The van der Waals surface area contributed by atoms with Crippen LogP contribution in [0.3, 0.4) is 0 Å². The third-order valence-corrected chi connectivity index (χ3v) is 7.06. The lowest BCUT2D eigenvalue weighted by molar-refractivity contribution is -0.0709. The lowest BCUT2D eigenvalue weighted by Gasteiger charge is -2.47. The van der Waals surface area contributed by atoms with E-state index in [9.17, 15) is 8.42 Å². The molecule has 0 spiro atoms. The fourth-order valence-electron chi connectivity index (χ4n) is 3.90. The Morgan fingerprint density at radius 1 is 0.923 bits per heavy atom. The Morgan fingerprint density at radius 3 is 2.35 bits per heavy atom. The van der Waals surface area contributed by atoms with Crippen molar-refractivity contribution in [3.8, 4) is 0 Å². The lowest BCUT2D eigenvalue weighted by atomic mass is 10.0. The molecule has 0 aliphatic carbocycles. The third-order valence-electron chi connectivity index (χ3n) is 5.25. The van der Waals surface area contributed by atoms with Crippen LogP contribution in [0.25, 0.3) is 0 Å². The van der Waals surface area contributed by atoms with E-state index >= 15 is 0 Å². The van der Waals surface area contributed by atoms with E-state index in [1.165, 1.54) is 5.56 Å². The van der Waals surface area contributed by atoms with Crippen LogP contribution in [0.2, 0.25) is 0 Å². The Balaban J connectivity index is 1.48. The van der Waals surface area contributed by atoms with Gasteiger partial charge >= 0.3 is 0 Å². The number of hydrogen-bond acceptors (Lipinski definition) is 4. The Morgan fingerprint density at radius 2 is 1.62 bits per heavy atom. The molecule has 0 aromatic heterocycles. The summed E-state index contributed by atoms with van der Waals surface area (Å²) in [6.07, 6.45) is 0. The molecule has 2 heterocycles. The molecule has 2 aromatic rings. The third kappa shape index (κ3) is 3.69. The van der Waals surface area contributed by atoms with Crippen molar-refractivity contribution in [2.24, 2.45) is 0 Å². The van der Waals surface area contributed by atoms with Gasteiger partial charge in [0.15, 0.2) is 0 Å². The molecular formula is C20H24N2O3S. The molecule has 2 aromatic carbocycles. The van der Waals surface area contributed by atoms with Gasteiger partial charge in [0, 0.05) is 25.7 Å². The molecule has 6 heteroatoms. The molecule has 2 aliphatic heterocycles. The van der Waals surface area contributed by atoms with Gasteiger partial charge < -0.3 is 4.74 Å². The Kier molecular flexibility index (Phi) is 5.09. The van der Waals surface area contributed by atoms with Gasteiger partial charge in [-0.25, -0.2) is 8.42 Å². The van der Waals surface area contributed by atoms with Gasteiger partial charge in [-0.3, -0.25) is 4.90 Å². The van der Waals surface area contributed by atoms with Crippen LogP contribution in [0.4, 0.5) is 0 Å². The van der Waals surface area contributed by atoms with E-state index < -0.39 is 10.0 Å². The van der Waals surface area contributed by atoms with Gasteiger partial charge in [0.25, 0.3) is 0 Å².